The number of nitrogens with one attached hydrogen (secondary N) is 1. The first-order chi connectivity index (χ1) is 8.65. The minimum absolute atomic E-state index is 0.103. The molecular formula is C12H13BrN4O. The van der Waals surface area contributed by atoms with Crippen molar-refractivity contribution in [2.75, 3.05) is 5.73 Å². The summed E-state index contributed by atoms with van der Waals surface area (Å²) in [6, 6.07) is 7.76. The van der Waals surface area contributed by atoms with Gasteiger partial charge < -0.3 is 11.1 Å². The van der Waals surface area contributed by atoms with Gasteiger partial charge in [0.25, 0.3) is 0 Å². The van der Waals surface area contributed by atoms with E-state index in [2.05, 4.69) is 26.3 Å². The summed E-state index contributed by atoms with van der Waals surface area (Å²) in [4.78, 5) is 11.7. The normalized spacial score (nSPS) is 10.3. The third kappa shape index (κ3) is 3.33. The van der Waals surface area contributed by atoms with Crippen LogP contribution in [0.15, 0.2) is 41.1 Å². The Morgan fingerprint density at radius 1 is 1.44 bits per heavy atom. The summed E-state index contributed by atoms with van der Waals surface area (Å²) in [5.74, 6) is -0.103. The van der Waals surface area contributed by atoms with Crippen LogP contribution >= 0.6 is 15.9 Å². The molecule has 2 rings (SSSR count). The Balaban J connectivity index is 1.87. The third-order valence-electron chi connectivity index (χ3n) is 2.39. The first kappa shape index (κ1) is 12.6. The number of aromatic nitrogens is 2. The van der Waals surface area contributed by atoms with Gasteiger partial charge in [0.15, 0.2) is 0 Å². The minimum Gasteiger partial charge on any atom is -0.396 e. The number of nitrogens with two attached hydrogens (primary N) is 1. The fraction of sp³-hybridized carbons (Fsp3) is 0.167. The zero-order valence-corrected chi connectivity index (χ0v) is 11.2. The molecule has 94 valence electrons. The summed E-state index contributed by atoms with van der Waals surface area (Å²) in [6.45, 7) is 0.651. The molecule has 5 nitrogen and oxygen atoms in total. The SMILES string of the molecule is Nc1cnn(CC(=O)NCc2ccccc2Br)c1. The minimum atomic E-state index is -0.103. The summed E-state index contributed by atoms with van der Waals surface area (Å²) >= 11 is 3.43. The van der Waals surface area contributed by atoms with E-state index in [0.29, 0.717) is 12.2 Å². The lowest BCUT2D eigenvalue weighted by atomic mass is 10.2. The second-order valence-corrected chi connectivity index (χ2v) is 4.69. The van der Waals surface area contributed by atoms with Crippen molar-refractivity contribution in [3.8, 4) is 0 Å². The van der Waals surface area contributed by atoms with Gasteiger partial charge in [-0.1, -0.05) is 34.1 Å². The number of nitrogen functional groups attached to an aromatic ring is 1. The maximum Gasteiger partial charge on any atom is 0.241 e. The molecule has 1 aromatic heterocycles. The Morgan fingerprint density at radius 3 is 2.89 bits per heavy atom. The number of halogens is 1. The van der Waals surface area contributed by atoms with E-state index >= 15 is 0 Å². The lowest BCUT2D eigenvalue weighted by Crippen LogP contribution is -2.27. The average molecular weight is 309 g/mol. The third-order valence-corrected chi connectivity index (χ3v) is 3.17. The van der Waals surface area contributed by atoms with Gasteiger partial charge >= 0.3 is 0 Å². The van der Waals surface area contributed by atoms with Crippen LogP contribution in [0.4, 0.5) is 5.69 Å². The van der Waals surface area contributed by atoms with Gasteiger partial charge in [-0.15, -0.1) is 0 Å². The van der Waals surface area contributed by atoms with E-state index in [1.165, 1.54) is 10.9 Å². The summed E-state index contributed by atoms with van der Waals surface area (Å²) in [6.07, 6.45) is 3.14. The van der Waals surface area contributed by atoms with Gasteiger partial charge in [0.2, 0.25) is 5.91 Å². The molecule has 1 aromatic carbocycles. The number of hydrogen-bond acceptors (Lipinski definition) is 3. The van der Waals surface area contributed by atoms with Crippen molar-refractivity contribution >= 4 is 27.5 Å². The predicted molar refractivity (Wildman–Crippen MR) is 72.6 cm³/mol. The highest BCUT2D eigenvalue weighted by atomic mass is 79.9. The number of rotatable bonds is 4. The fourth-order valence-corrected chi connectivity index (χ4v) is 1.93. The number of nitrogens with zero attached hydrogens (tertiary/aromatic N) is 2. The van der Waals surface area contributed by atoms with Crippen LogP contribution in [-0.4, -0.2) is 15.7 Å². The van der Waals surface area contributed by atoms with Crippen LogP contribution < -0.4 is 11.1 Å². The average Bonchev–Trinajstić information content (AvgIpc) is 2.74. The zero-order valence-electron chi connectivity index (χ0n) is 9.64. The van der Waals surface area contributed by atoms with Crippen LogP contribution in [-0.2, 0) is 17.9 Å². The second kappa shape index (κ2) is 5.68. The fourth-order valence-electron chi connectivity index (χ4n) is 1.50. The molecule has 0 aliphatic carbocycles. The molecule has 0 aliphatic rings. The summed E-state index contributed by atoms with van der Waals surface area (Å²) in [5, 5.41) is 6.78. The van der Waals surface area contributed by atoms with E-state index in [0.717, 1.165) is 10.0 Å². The number of carbonyl (C=O) groups excluding carboxylic acids is 1. The molecule has 2 aromatic rings. The van der Waals surface area contributed by atoms with Gasteiger partial charge in [-0.3, -0.25) is 9.48 Å². The van der Waals surface area contributed by atoms with E-state index in [1.807, 2.05) is 24.3 Å². The number of benzene rings is 1. The highest BCUT2D eigenvalue weighted by molar-refractivity contribution is 9.10. The molecular weight excluding hydrogens is 296 g/mol. The first-order valence-electron chi connectivity index (χ1n) is 5.43. The van der Waals surface area contributed by atoms with Crippen LogP contribution in [0.25, 0.3) is 0 Å². The molecule has 0 radical (unpaired) electrons. The number of amides is 1. The van der Waals surface area contributed by atoms with Gasteiger partial charge in [-0.2, -0.15) is 5.10 Å². The Labute approximate surface area is 113 Å². The molecule has 6 heteroatoms. The highest BCUT2D eigenvalue weighted by Gasteiger charge is 2.05. The summed E-state index contributed by atoms with van der Waals surface area (Å²) < 4.78 is 2.48. The quantitative estimate of drug-likeness (QED) is 0.900. The van der Waals surface area contributed by atoms with Crippen molar-refractivity contribution in [1.29, 1.82) is 0 Å². The molecule has 0 aliphatic heterocycles. The van der Waals surface area contributed by atoms with Crippen molar-refractivity contribution in [3.05, 3.63) is 46.7 Å². The predicted octanol–water partition coefficient (Wildman–Crippen LogP) is 1.54. The molecule has 1 heterocycles. The second-order valence-electron chi connectivity index (χ2n) is 3.84. The summed E-state index contributed by atoms with van der Waals surface area (Å²) in [5.41, 5.74) is 7.10. The molecule has 0 saturated heterocycles. The van der Waals surface area contributed by atoms with Gasteiger partial charge in [0, 0.05) is 17.2 Å². The van der Waals surface area contributed by atoms with Crippen LogP contribution in [0, 0.1) is 0 Å². The van der Waals surface area contributed by atoms with E-state index in [-0.39, 0.29) is 12.5 Å². The van der Waals surface area contributed by atoms with Crippen molar-refractivity contribution in [2.24, 2.45) is 0 Å². The molecule has 0 unspecified atom stereocenters. The van der Waals surface area contributed by atoms with Crippen molar-refractivity contribution < 1.29 is 4.79 Å². The maximum absolute atomic E-state index is 11.7. The van der Waals surface area contributed by atoms with Crippen molar-refractivity contribution in [2.45, 2.75) is 13.1 Å². The van der Waals surface area contributed by atoms with Crippen LogP contribution in [0.5, 0.6) is 0 Å². The molecule has 18 heavy (non-hydrogen) atoms. The number of carbonyl (C=O) groups is 1. The van der Waals surface area contributed by atoms with Crippen LogP contribution in [0.1, 0.15) is 5.56 Å². The Morgan fingerprint density at radius 2 is 2.22 bits per heavy atom. The van der Waals surface area contributed by atoms with Gasteiger partial charge in [-0.05, 0) is 11.6 Å². The van der Waals surface area contributed by atoms with E-state index in [4.69, 9.17) is 5.73 Å². The molecule has 0 bridgehead atoms. The Kier molecular flexibility index (Phi) is 3.99. The molecule has 3 N–H and O–H groups in total. The molecule has 1 amide bonds. The van der Waals surface area contributed by atoms with Gasteiger partial charge in [0.05, 0.1) is 11.9 Å². The zero-order chi connectivity index (χ0) is 13.0. The van der Waals surface area contributed by atoms with E-state index < -0.39 is 0 Å². The number of hydrogen-bond donors (Lipinski definition) is 2. The van der Waals surface area contributed by atoms with Crippen LogP contribution in [0.2, 0.25) is 0 Å². The van der Waals surface area contributed by atoms with Crippen molar-refractivity contribution in [3.63, 3.8) is 0 Å². The van der Waals surface area contributed by atoms with Gasteiger partial charge in [0.1, 0.15) is 6.54 Å². The van der Waals surface area contributed by atoms with Crippen molar-refractivity contribution in [1.82, 2.24) is 15.1 Å². The Bertz CT molecular complexity index is 553. The number of anilines is 1. The lowest BCUT2D eigenvalue weighted by molar-refractivity contribution is -0.122. The maximum atomic E-state index is 11.7. The smallest absolute Gasteiger partial charge is 0.241 e. The molecule has 0 atom stereocenters. The van der Waals surface area contributed by atoms with Crippen LogP contribution in [0.3, 0.4) is 0 Å². The lowest BCUT2D eigenvalue weighted by Gasteiger charge is -2.07. The molecule has 0 saturated carbocycles. The monoisotopic (exact) mass is 308 g/mol. The highest BCUT2D eigenvalue weighted by Crippen LogP contribution is 2.15. The topological polar surface area (TPSA) is 72.9 Å². The van der Waals surface area contributed by atoms with E-state index in [1.54, 1.807) is 6.20 Å². The first-order valence-corrected chi connectivity index (χ1v) is 6.22. The molecule has 0 fully saturated rings. The Hall–Kier alpha value is -1.82. The standard InChI is InChI=1S/C12H13BrN4O/c13-11-4-2-1-3-9(11)5-15-12(18)8-17-7-10(14)6-16-17/h1-4,6-7H,5,8,14H2,(H,15,18). The summed E-state index contributed by atoms with van der Waals surface area (Å²) in [7, 11) is 0. The molecule has 0 spiro atoms. The van der Waals surface area contributed by atoms with Gasteiger partial charge in [-0.25, -0.2) is 0 Å². The largest absolute Gasteiger partial charge is 0.396 e. The van der Waals surface area contributed by atoms with E-state index in [9.17, 15) is 4.79 Å².